The number of carbonyl (C=O) groups excluding carboxylic acids is 1. The van der Waals surface area contributed by atoms with Gasteiger partial charge in [0.15, 0.2) is 5.69 Å². The summed E-state index contributed by atoms with van der Waals surface area (Å²) in [5, 5.41) is 17.8. The maximum absolute atomic E-state index is 14.1. The molecule has 0 aliphatic rings. The number of hydrogen-bond acceptors (Lipinski definition) is 4. The van der Waals surface area contributed by atoms with Crippen molar-refractivity contribution in [3.8, 4) is 17.3 Å². The summed E-state index contributed by atoms with van der Waals surface area (Å²) >= 11 is 12.3. The second-order valence-corrected chi connectivity index (χ2v) is 6.20. The van der Waals surface area contributed by atoms with Crippen molar-refractivity contribution in [2.24, 2.45) is 0 Å². The average Bonchev–Trinajstić information content (AvgIpc) is 3.07. The minimum Gasteiger partial charge on any atom is -0.290 e. The van der Waals surface area contributed by atoms with Gasteiger partial charge in [0.25, 0.3) is 0 Å². The molecule has 0 radical (unpaired) electrons. The second kappa shape index (κ2) is 7.74. The number of aromatic nitrogens is 3. The van der Waals surface area contributed by atoms with Crippen molar-refractivity contribution < 1.29 is 9.18 Å². The van der Waals surface area contributed by atoms with E-state index in [1.165, 1.54) is 18.2 Å². The fourth-order valence-electron chi connectivity index (χ4n) is 2.60. The van der Waals surface area contributed by atoms with Gasteiger partial charge in [0.2, 0.25) is 0 Å². The standard InChI is InChI=1S/C18H12Cl2FN5O/c1-2-25(14-9-4-3-8-13(14)21)18(27)26-15(10-22)17(23-24-26)16-11(19)6-5-7-12(16)20/h3-9H,2H2,1H3. The first-order chi connectivity index (χ1) is 13.0. The van der Waals surface area contributed by atoms with E-state index in [0.717, 1.165) is 9.58 Å². The fraction of sp³-hybridized carbons (Fsp3) is 0.111. The van der Waals surface area contributed by atoms with E-state index in [0.29, 0.717) is 5.56 Å². The fourth-order valence-corrected chi connectivity index (χ4v) is 3.18. The molecule has 0 saturated heterocycles. The van der Waals surface area contributed by atoms with Crippen molar-refractivity contribution >= 4 is 34.9 Å². The zero-order valence-corrected chi connectivity index (χ0v) is 15.5. The van der Waals surface area contributed by atoms with Crippen LogP contribution in [0.2, 0.25) is 10.0 Å². The van der Waals surface area contributed by atoms with Crippen LogP contribution in [-0.2, 0) is 0 Å². The zero-order chi connectivity index (χ0) is 19.6. The van der Waals surface area contributed by atoms with Crippen LogP contribution in [0.5, 0.6) is 0 Å². The molecule has 1 heterocycles. The van der Waals surface area contributed by atoms with E-state index in [1.807, 2.05) is 6.07 Å². The lowest BCUT2D eigenvalue weighted by Gasteiger charge is -2.20. The molecular formula is C18H12Cl2FN5O. The van der Waals surface area contributed by atoms with Crippen molar-refractivity contribution in [2.45, 2.75) is 6.92 Å². The number of hydrogen-bond donors (Lipinski definition) is 0. The minimum absolute atomic E-state index is 0.0710. The Labute approximate surface area is 164 Å². The average molecular weight is 404 g/mol. The Morgan fingerprint density at radius 3 is 2.48 bits per heavy atom. The number of nitrogens with zero attached hydrogens (tertiary/aromatic N) is 5. The van der Waals surface area contributed by atoms with E-state index in [2.05, 4.69) is 10.3 Å². The smallest absolute Gasteiger partial charge is 0.290 e. The second-order valence-electron chi connectivity index (χ2n) is 5.39. The van der Waals surface area contributed by atoms with E-state index in [-0.39, 0.29) is 33.7 Å². The number of benzene rings is 2. The highest BCUT2D eigenvalue weighted by atomic mass is 35.5. The van der Waals surface area contributed by atoms with Gasteiger partial charge in [-0.05, 0) is 31.2 Å². The Kier molecular flexibility index (Phi) is 5.40. The van der Waals surface area contributed by atoms with Crippen LogP contribution >= 0.6 is 23.2 Å². The molecule has 0 fully saturated rings. The largest absolute Gasteiger partial charge is 0.351 e. The van der Waals surface area contributed by atoms with Gasteiger partial charge in [0.1, 0.15) is 17.6 Å². The Hall–Kier alpha value is -2.95. The Bertz CT molecular complexity index is 1040. The molecule has 136 valence electrons. The van der Waals surface area contributed by atoms with Crippen molar-refractivity contribution in [3.63, 3.8) is 0 Å². The highest BCUT2D eigenvalue weighted by Crippen LogP contribution is 2.35. The van der Waals surface area contributed by atoms with Crippen molar-refractivity contribution in [1.29, 1.82) is 5.26 Å². The van der Waals surface area contributed by atoms with Crippen LogP contribution in [0.15, 0.2) is 42.5 Å². The minimum atomic E-state index is -0.721. The summed E-state index contributed by atoms with van der Waals surface area (Å²) in [7, 11) is 0. The number of nitriles is 1. The number of carbonyl (C=O) groups is 1. The predicted molar refractivity (Wildman–Crippen MR) is 100 cm³/mol. The van der Waals surface area contributed by atoms with Crippen molar-refractivity contribution in [1.82, 2.24) is 15.0 Å². The maximum atomic E-state index is 14.1. The monoisotopic (exact) mass is 403 g/mol. The molecule has 0 aliphatic carbocycles. The van der Waals surface area contributed by atoms with Gasteiger partial charge in [-0.25, -0.2) is 9.18 Å². The molecule has 27 heavy (non-hydrogen) atoms. The van der Waals surface area contributed by atoms with Crippen LogP contribution in [0.25, 0.3) is 11.3 Å². The third kappa shape index (κ3) is 3.37. The van der Waals surface area contributed by atoms with Gasteiger partial charge in [-0.1, -0.05) is 46.6 Å². The van der Waals surface area contributed by atoms with Gasteiger partial charge in [-0.15, -0.1) is 9.78 Å². The van der Waals surface area contributed by atoms with Crippen LogP contribution in [0.1, 0.15) is 12.6 Å². The molecule has 0 unspecified atom stereocenters. The van der Waals surface area contributed by atoms with E-state index in [1.54, 1.807) is 31.2 Å². The summed E-state index contributed by atoms with van der Waals surface area (Å²) < 4.78 is 14.9. The number of rotatable bonds is 3. The third-order valence-corrected chi connectivity index (χ3v) is 4.48. The third-order valence-electron chi connectivity index (χ3n) is 3.85. The summed E-state index contributed by atoms with van der Waals surface area (Å²) in [5.41, 5.74) is 0.294. The molecular weight excluding hydrogens is 392 g/mol. The zero-order valence-electron chi connectivity index (χ0n) is 14.0. The van der Waals surface area contributed by atoms with E-state index in [9.17, 15) is 14.4 Å². The first-order valence-electron chi connectivity index (χ1n) is 7.86. The Morgan fingerprint density at radius 1 is 1.22 bits per heavy atom. The first kappa shape index (κ1) is 18.8. The maximum Gasteiger partial charge on any atom is 0.351 e. The highest BCUT2D eigenvalue weighted by molar-refractivity contribution is 6.39. The van der Waals surface area contributed by atoms with Gasteiger partial charge < -0.3 is 0 Å². The molecule has 1 amide bonds. The molecule has 0 atom stereocenters. The molecule has 0 aliphatic heterocycles. The summed E-state index contributed by atoms with van der Waals surface area (Å²) in [6.45, 7) is 1.84. The topological polar surface area (TPSA) is 74.8 Å². The van der Waals surface area contributed by atoms with Gasteiger partial charge in [0.05, 0.1) is 15.7 Å². The van der Waals surface area contributed by atoms with Gasteiger partial charge in [-0.2, -0.15) is 5.26 Å². The Balaban J connectivity index is 2.11. The molecule has 6 nitrogen and oxygen atoms in total. The summed E-state index contributed by atoms with van der Waals surface area (Å²) in [5.74, 6) is -0.569. The number of para-hydroxylation sites is 1. The first-order valence-corrected chi connectivity index (χ1v) is 8.61. The van der Waals surface area contributed by atoms with Gasteiger partial charge in [0, 0.05) is 12.1 Å². The molecule has 1 aromatic heterocycles. The SMILES string of the molecule is CCN(C(=O)n1nnc(-c2c(Cl)cccc2Cl)c1C#N)c1ccccc1F. The van der Waals surface area contributed by atoms with E-state index < -0.39 is 11.8 Å². The summed E-state index contributed by atoms with van der Waals surface area (Å²) in [6, 6.07) is 11.8. The molecule has 0 bridgehead atoms. The van der Waals surface area contributed by atoms with Crippen molar-refractivity contribution in [2.75, 3.05) is 11.4 Å². The molecule has 2 aromatic carbocycles. The normalized spacial score (nSPS) is 10.5. The highest BCUT2D eigenvalue weighted by Gasteiger charge is 2.27. The number of halogens is 3. The van der Waals surface area contributed by atoms with Crippen LogP contribution in [0.4, 0.5) is 14.9 Å². The van der Waals surface area contributed by atoms with Gasteiger partial charge in [-0.3, -0.25) is 4.90 Å². The molecule has 3 aromatic rings. The molecule has 0 spiro atoms. The van der Waals surface area contributed by atoms with Crippen LogP contribution in [0.3, 0.4) is 0 Å². The molecule has 9 heteroatoms. The quantitative estimate of drug-likeness (QED) is 0.631. The molecule has 0 saturated carbocycles. The summed E-state index contributed by atoms with van der Waals surface area (Å²) in [6.07, 6.45) is 0. The van der Waals surface area contributed by atoms with Crippen LogP contribution in [-0.4, -0.2) is 27.6 Å². The van der Waals surface area contributed by atoms with Crippen LogP contribution in [0, 0.1) is 17.1 Å². The predicted octanol–water partition coefficient (Wildman–Crippen LogP) is 4.76. The lowest BCUT2D eigenvalue weighted by molar-refractivity contribution is 0.244. The molecule has 3 rings (SSSR count). The number of amides is 1. The lowest BCUT2D eigenvalue weighted by atomic mass is 10.1. The lowest BCUT2D eigenvalue weighted by Crippen LogP contribution is -2.36. The van der Waals surface area contributed by atoms with E-state index in [4.69, 9.17) is 23.2 Å². The van der Waals surface area contributed by atoms with Crippen LogP contribution < -0.4 is 4.90 Å². The molecule has 0 N–H and O–H groups in total. The van der Waals surface area contributed by atoms with Gasteiger partial charge >= 0.3 is 6.03 Å². The van der Waals surface area contributed by atoms with E-state index >= 15 is 0 Å². The number of anilines is 1. The summed E-state index contributed by atoms with van der Waals surface area (Å²) in [4.78, 5) is 14.1. The Morgan fingerprint density at radius 2 is 1.89 bits per heavy atom. The van der Waals surface area contributed by atoms with Crippen molar-refractivity contribution in [3.05, 3.63) is 64.0 Å².